The molecule has 3 N–H and O–H groups in total. The predicted molar refractivity (Wildman–Crippen MR) is 193 cm³/mol. The van der Waals surface area contributed by atoms with Crippen molar-refractivity contribution in [2.24, 2.45) is 23.5 Å². The van der Waals surface area contributed by atoms with Gasteiger partial charge in [-0.25, -0.2) is 0 Å². The Labute approximate surface area is 291 Å². The van der Waals surface area contributed by atoms with Crippen LogP contribution in [0.4, 0.5) is 17.1 Å². The SMILES string of the molecule is C=CC[C@H](C(N)=O)[C@@H](CC1CC1)C(=O)NC1CN(c2ccccc2)c2ccccc2N(Cc2cccc(-c3ccc(Cl)cc3Cl)c2)C1=O. The molecular weight excluding hydrogens is 643 g/mol. The first kappa shape index (κ1) is 33.3. The van der Waals surface area contributed by atoms with Gasteiger partial charge in [0.2, 0.25) is 11.8 Å². The molecule has 4 aromatic carbocycles. The van der Waals surface area contributed by atoms with Crippen LogP contribution in [0.25, 0.3) is 11.1 Å². The number of carbonyl (C=O) groups is 3. The van der Waals surface area contributed by atoms with E-state index in [-0.39, 0.29) is 24.9 Å². The lowest BCUT2D eigenvalue weighted by Gasteiger charge is -2.29. The minimum absolute atomic E-state index is 0.196. The van der Waals surface area contributed by atoms with E-state index in [4.69, 9.17) is 28.9 Å². The molecule has 2 aliphatic rings. The van der Waals surface area contributed by atoms with Crippen LogP contribution in [0.5, 0.6) is 0 Å². The van der Waals surface area contributed by atoms with Crippen LogP contribution >= 0.6 is 23.2 Å². The normalized spacial score (nSPS) is 17.2. The summed E-state index contributed by atoms with van der Waals surface area (Å²) in [6, 6.07) is 29.9. The van der Waals surface area contributed by atoms with Crippen LogP contribution in [0.15, 0.2) is 110 Å². The van der Waals surface area contributed by atoms with Gasteiger partial charge in [-0.15, -0.1) is 6.58 Å². The number of fused-ring (bicyclic) bond motifs is 1. The summed E-state index contributed by atoms with van der Waals surface area (Å²) in [7, 11) is 0. The van der Waals surface area contributed by atoms with Crippen molar-refractivity contribution in [2.75, 3.05) is 16.3 Å². The minimum atomic E-state index is -0.919. The molecule has 1 fully saturated rings. The van der Waals surface area contributed by atoms with E-state index in [0.29, 0.717) is 34.5 Å². The highest BCUT2D eigenvalue weighted by Gasteiger charge is 2.40. The molecule has 1 aliphatic heterocycles. The molecule has 1 aliphatic carbocycles. The van der Waals surface area contributed by atoms with Crippen molar-refractivity contribution in [3.8, 4) is 11.1 Å². The Morgan fingerprint density at radius 2 is 1.65 bits per heavy atom. The van der Waals surface area contributed by atoms with Crippen molar-refractivity contribution in [1.29, 1.82) is 0 Å². The second kappa shape index (κ2) is 14.7. The molecule has 0 saturated heterocycles. The third kappa shape index (κ3) is 7.43. The van der Waals surface area contributed by atoms with Crippen molar-refractivity contribution >= 4 is 58.0 Å². The number of rotatable bonds is 12. The first-order valence-corrected chi connectivity index (χ1v) is 17.0. The van der Waals surface area contributed by atoms with Crippen LogP contribution in [0.1, 0.15) is 31.2 Å². The van der Waals surface area contributed by atoms with Crippen molar-refractivity contribution < 1.29 is 14.4 Å². The lowest BCUT2D eigenvalue weighted by molar-refractivity contribution is -0.135. The Morgan fingerprint density at radius 3 is 2.33 bits per heavy atom. The van der Waals surface area contributed by atoms with Gasteiger partial charge in [0, 0.05) is 21.3 Å². The summed E-state index contributed by atoms with van der Waals surface area (Å²) in [4.78, 5) is 45.2. The number of para-hydroxylation sites is 3. The number of amides is 3. The van der Waals surface area contributed by atoms with E-state index in [9.17, 15) is 14.4 Å². The maximum absolute atomic E-state index is 14.7. The first-order chi connectivity index (χ1) is 23.2. The highest BCUT2D eigenvalue weighted by Crippen LogP contribution is 2.40. The Kier molecular flexibility index (Phi) is 10.2. The fourth-order valence-electron chi connectivity index (χ4n) is 6.56. The van der Waals surface area contributed by atoms with E-state index in [2.05, 4.69) is 16.8 Å². The molecule has 0 bridgehead atoms. The summed E-state index contributed by atoms with van der Waals surface area (Å²) < 4.78 is 0. The molecule has 9 heteroatoms. The molecule has 48 heavy (non-hydrogen) atoms. The number of nitrogens with zero attached hydrogens (tertiary/aromatic N) is 2. The van der Waals surface area contributed by atoms with Gasteiger partial charge in [0.15, 0.2) is 0 Å². The highest BCUT2D eigenvalue weighted by molar-refractivity contribution is 6.36. The number of primary amides is 1. The lowest BCUT2D eigenvalue weighted by Crippen LogP contribution is -2.54. The molecule has 0 radical (unpaired) electrons. The molecule has 6 rings (SSSR count). The monoisotopic (exact) mass is 680 g/mol. The molecular formula is C39H38Cl2N4O3. The van der Waals surface area contributed by atoms with Gasteiger partial charge in [-0.1, -0.05) is 96.7 Å². The number of nitrogens with one attached hydrogen (secondary N) is 1. The second-order valence-electron chi connectivity index (χ2n) is 12.6. The van der Waals surface area contributed by atoms with E-state index in [1.54, 1.807) is 23.1 Å². The smallest absolute Gasteiger partial charge is 0.251 e. The number of allylic oxidation sites excluding steroid dienone is 1. The summed E-state index contributed by atoms with van der Waals surface area (Å²) >= 11 is 12.7. The van der Waals surface area contributed by atoms with Crippen molar-refractivity contribution in [3.05, 3.63) is 125 Å². The summed E-state index contributed by atoms with van der Waals surface area (Å²) in [6.07, 6.45) is 4.48. The number of halogens is 2. The molecule has 7 nitrogen and oxygen atoms in total. The Balaban J connectivity index is 1.38. The summed E-state index contributed by atoms with van der Waals surface area (Å²) in [5.41, 5.74) is 10.9. The molecule has 1 unspecified atom stereocenters. The zero-order valence-corrected chi connectivity index (χ0v) is 28.0. The van der Waals surface area contributed by atoms with E-state index >= 15 is 0 Å². The average Bonchev–Trinajstić information content (AvgIpc) is 3.92. The first-order valence-electron chi connectivity index (χ1n) is 16.2. The lowest BCUT2D eigenvalue weighted by atomic mass is 9.84. The zero-order valence-electron chi connectivity index (χ0n) is 26.5. The van der Waals surface area contributed by atoms with Gasteiger partial charge in [-0.3, -0.25) is 14.4 Å². The quantitative estimate of drug-likeness (QED) is 0.149. The predicted octanol–water partition coefficient (Wildman–Crippen LogP) is 7.92. The van der Waals surface area contributed by atoms with Gasteiger partial charge in [0.1, 0.15) is 6.04 Å². The summed E-state index contributed by atoms with van der Waals surface area (Å²) in [5.74, 6) is -2.14. The summed E-state index contributed by atoms with van der Waals surface area (Å²) in [5, 5.41) is 4.17. The second-order valence-corrected chi connectivity index (χ2v) is 13.4. The number of anilines is 3. The molecule has 3 atom stereocenters. The van der Waals surface area contributed by atoms with E-state index in [1.807, 2.05) is 84.9 Å². The van der Waals surface area contributed by atoms with Gasteiger partial charge in [-0.05, 0) is 72.4 Å². The third-order valence-corrected chi connectivity index (χ3v) is 9.73. The van der Waals surface area contributed by atoms with Crippen molar-refractivity contribution in [2.45, 2.75) is 38.3 Å². The molecule has 4 aromatic rings. The molecule has 246 valence electrons. The molecule has 1 saturated carbocycles. The number of hydrogen-bond acceptors (Lipinski definition) is 4. The zero-order chi connectivity index (χ0) is 33.8. The maximum Gasteiger partial charge on any atom is 0.251 e. The van der Waals surface area contributed by atoms with Crippen LogP contribution < -0.4 is 20.9 Å². The highest BCUT2D eigenvalue weighted by atomic mass is 35.5. The third-order valence-electron chi connectivity index (χ3n) is 9.18. The number of hydrogen-bond donors (Lipinski definition) is 2. The van der Waals surface area contributed by atoms with Gasteiger partial charge >= 0.3 is 0 Å². The van der Waals surface area contributed by atoms with Gasteiger partial charge in [0.25, 0.3) is 5.91 Å². The van der Waals surface area contributed by atoms with E-state index in [0.717, 1.165) is 40.9 Å². The van der Waals surface area contributed by atoms with E-state index in [1.165, 1.54) is 0 Å². The average molecular weight is 682 g/mol. The Morgan fingerprint density at radius 1 is 0.917 bits per heavy atom. The Hall–Kier alpha value is -4.59. The van der Waals surface area contributed by atoms with Crippen LogP contribution in [0, 0.1) is 17.8 Å². The van der Waals surface area contributed by atoms with Crippen molar-refractivity contribution in [3.63, 3.8) is 0 Å². The summed E-state index contributed by atoms with van der Waals surface area (Å²) in [6.45, 7) is 4.23. The molecule has 0 aromatic heterocycles. The number of nitrogens with two attached hydrogens (primary N) is 1. The molecule has 3 amide bonds. The van der Waals surface area contributed by atoms with Crippen LogP contribution in [0.3, 0.4) is 0 Å². The molecule has 1 heterocycles. The maximum atomic E-state index is 14.7. The fraction of sp³-hybridized carbons (Fsp3) is 0.256. The van der Waals surface area contributed by atoms with Gasteiger partial charge in [-0.2, -0.15) is 0 Å². The van der Waals surface area contributed by atoms with Crippen LogP contribution in [-0.4, -0.2) is 30.3 Å². The minimum Gasteiger partial charge on any atom is -0.369 e. The topological polar surface area (TPSA) is 95.7 Å². The van der Waals surface area contributed by atoms with Crippen LogP contribution in [-0.2, 0) is 20.9 Å². The largest absolute Gasteiger partial charge is 0.369 e. The van der Waals surface area contributed by atoms with Gasteiger partial charge < -0.3 is 20.9 Å². The number of benzene rings is 4. The fourth-order valence-corrected chi connectivity index (χ4v) is 7.07. The van der Waals surface area contributed by atoms with Crippen molar-refractivity contribution in [1.82, 2.24) is 5.32 Å². The Bertz CT molecular complexity index is 1830. The van der Waals surface area contributed by atoms with Crippen LogP contribution in [0.2, 0.25) is 10.0 Å². The number of carbonyl (C=O) groups excluding carboxylic acids is 3. The van der Waals surface area contributed by atoms with E-state index < -0.39 is 23.8 Å². The standard InChI is InChI=1S/C39H38Cl2N4O3/c1-2-9-31(37(42)46)32(21-25-16-17-25)38(47)43-34-24-44(29-12-4-3-5-13-29)35-14-6-7-15-36(35)45(39(34)48)23-26-10-8-11-27(20-26)30-19-18-28(40)22-33(30)41/h2-8,10-15,18-20,22,25,31-32,34H,1,9,16-17,21,23-24H2,(H2,42,46)(H,43,47)/t31-,32+,34?/m0/s1. The molecule has 0 spiro atoms. The van der Waals surface area contributed by atoms with Gasteiger partial charge in [0.05, 0.1) is 36.3 Å².